The van der Waals surface area contributed by atoms with E-state index in [4.69, 9.17) is 4.74 Å². The maximum atomic E-state index is 12.3. The van der Waals surface area contributed by atoms with Gasteiger partial charge in [-0.15, -0.1) is 0 Å². The summed E-state index contributed by atoms with van der Waals surface area (Å²) in [5.41, 5.74) is 1.06. The van der Waals surface area contributed by atoms with E-state index >= 15 is 0 Å². The number of nitrogens with one attached hydrogen (secondary N) is 1. The van der Waals surface area contributed by atoms with Gasteiger partial charge in [0.2, 0.25) is 5.91 Å². The van der Waals surface area contributed by atoms with Crippen LogP contribution in [0.3, 0.4) is 0 Å². The van der Waals surface area contributed by atoms with E-state index in [1.807, 2.05) is 34.1 Å². The van der Waals surface area contributed by atoms with E-state index in [1.54, 1.807) is 7.11 Å². The van der Waals surface area contributed by atoms with Gasteiger partial charge in [-0.1, -0.05) is 12.1 Å². The number of hydrogen-bond acceptors (Lipinski definition) is 4. The molecule has 2 aliphatic heterocycles. The molecule has 7 nitrogen and oxygen atoms in total. The zero-order valence-electron chi connectivity index (χ0n) is 15.4. The molecule has 0 spiro atoms. The lowest BCUT2D eigenvalue weighted by Gasteiger charge is -2.36. The third-order valence-corrected chi connectivity index (χ3v) is 5.07. The first-order valence-corrected chi connectivity index (χ1v) is 9.37. The van der Waals surface area contributed by atoms with Crippen LogP contribution in [0.25, 0.3) is 0 Å². The van der Waals surface area contributed by atoms with Gasteiger partial charge in [-0.2, -0.15) is 0 Å². The van der Waals surface area contributed by atoms with Gasteiger partial charge in [0.15, 0.2) is 0 Å². The second-order valence-electron chi connectivity index (χ2n) is 6.72. The summed E-state index contributed by atoms with van der Waals surface area (Å²) in [6, 6.07) is 7.85. The molecular formula is C19H28N4O3. The molecule has 2 heterocycles. The van der Waals surface area contributed by atoms with Crippen molar-refractivity contribution in [2.24, 2.45) is 0 Å². The van der Waals surface area contributed by atoms with Crippen LogP contribution in [0.4, 0.5) is 10.5 Å². The molecule has 7 heteroatoms. The molecule has 0 aromatic heterocycles. The molecule has 0 radical (unpaired) electrons. The minimum Gasteiger partial charge on any atom is -0.495 e. The number of piperazine rings is 1. The van der Waals surface area contributed by atoms with Crippen molar-refractivity contribution in [1.29, 1.82) is 0 Å². The maximum Gasteiger partial charge on any atom is 0.317 e. The average molecular weight is 360 g/mol. The molecule has 0 unspecified atom stereocenters. The molecule has 26 heavy (non-hydrogen) atoms. The standard InChI is InChI=1S/C19H28N4O3/c1-26-17-7-3-2-6-16(17)21-12-14-23(15-13-21)19(25)20-9-8-18(24)22-10-4-5-11-22/h2-3,6-7H,4-5,8-15H2,1H3,(H,20,25). The van der Waals surface area contributed by atoms with Crippen molar-refractivity contribution in [1.82, 2.24) is 15.1 Å². The van der Waals surface area contributed by atoms with E-state index in [0.29, 0.717) is 26.1 Å². The lowest BCUT2D eigenvalue weighted by atomic mass is 10.2. The summed E-state index contributed by atoms with van der Waals surface area (Å²) >= 11 is 0. The number of amides is 3. The molecule has 2 aliphatic rings. The van der Waals surface area contributed by atoms with Gasteiger partial charge < -0.3 is 24.8 Å². The molecule has 0 aliphatic carbocycles. The first-order valence-electron chi connectivity index (χ1n) is 9.37. The van der Waals surface area contributed by atoms with Crippen LogP contribution in [-0.4, -0.2) is 74.7 Å². The zero-order valence-corrected chi connectivity index (χ0v) is 15.4. The topological polar surface area (TPSA) is 65.1 Å². The monoisotopic (exact) mass is 360 g/mol. The Morgan fingerprint density at radius 1 is 1.00 bits per heavy atom. The number of ether oxygens (including phenoxy) is 1. The number of carbonyl (C=O) groups is 2. The van der Waals surface area contributed by atoms with Gasteiger partial charge in [-0.25, -0.2) is 4.79 Å². The van der Waals surface area contributed by atoms with E-state index in [1.165, 1.54) is 0 Å². The van der Waals surface area contributed by atoms with Crippen molar-refractivity contribution in [3.63, 3.8) is 0 Å². The summed E-state index contributed by atoms with van der Waals surface area (Å²) in [7, 11) is 1.67. The van der Waals surface area contributed by atoms with Crippen LogP contribution < -0.4 is 15.0 Å². The highest BCUT2D eigenvalue weighted by atomic mass is 16.5. The maximum absolute atomic E-state index is 12.3. The highest BCUT2D eigenvalue weighted by Crippen LogP contribution is 2.28. The lowest BCUT2D eigenvalue weighted by molar-refractivity contribution is -0.129. The van der Waals surface area contributed by atoms with Crippen molar-refractivity contribution in [2.45, 2.75) is 19.3 Å². The van der Waals surface area contributed by atoms with Gasteiger partial charge in [0.25, 0.3) is 0 Å². The predicted molar refractivity (Wildman–Crippen MR) is 101 cm³/mol. The Labute approximate surface area is 154 Å². The third kappa shape index (κ3) is 4.39. The summed E-state index contributed by atoms with van der Waals surface area (Å²) < 4.78 is 5.42. The molecule has 2 saturated heterocycles. The number of nitrogens with zero attached hydrogens (tertiary/aromatic N) is 3. The van der Waals surface area contributed by atoms with Gasteiger partial charge >= 0.3 is 6.03 Å². The zero-order chi connectivity index (χ0) is 18.4. The number of hydrogen-bond donors (Lipinski definition) is 1. The van der Waals surface area contributed by atoms with Crippen LogP contribution in [0, 0.1) is 0 Å². The summed E-state index contributed by atoms with van der Waals surface area (Å²) in [6.45, 7) is 4.96. The highest BCUT2D eigenvalue weighted by Gasteiger charge is 2.23. The number of benzene rings is 1. The van der Waals surface area contributed by atoms with Gasteiger partial charge in [0, 0.05) is 52.2 Å². The van der Waals surface area contributed by atoms with E-state index in [-0.39, 0.29) is 11.9 Å². The second-order valence-corrected chi connectivity index (χ2v) is 6.72. The minimum absolute atomic E-state index is 0.0844. The van der Waals surface area contributed by atoms with Gasteiger partial charge in [-0.05, 0) is 25.0 Å². The van der Waals surface area contributed by atoms with Crippen molar-refractivity contribution in [3.8, 4) is 5.75 Å². The Bertz CT molecular complexity index is 623. The Morgan fingerprint density at radius 2 is 1.69 bits per heavy atom. The molecule has 0 atom stereocenters. The molecule has 3 rings (SSSR count). The van der Waals surface area contributed by atoms with Crippen LogP contribution in [0.15, 0.2) is 24.3 Å². The number of anilines is 1. The molecule has 142 valence electrons. The van der Waals surface area contributed by atoms with E-state index < -0.39 is 0 Å². The molecule has 3 amide bonds. The normalized spacial score (nSPS) is 17.3. The Morgan fingerprint density at radius 3 is 2.38 bits per heavy atom. The second kappa shape index (κ2) is 8.78. The van der Waals surface area contributed by atoms with Gasteiger partial charge in [-0.3, -0.25) is 4.79 Å². The fraction of sp³-hybridized carbons (Fsp3) is 0.579. The number of likely N-dealkylation sites (tertiary alicyclic amines) is 1. The van der Waals surface area contributed by atoms with E-state index in [0.717, 1.165) is 50.5 Å². The molecular weight excluding hydrogens is 332 g/mol. The third-order valence-electron chi connectivity index (χ3n) is 5.07. The van der Waals surface area contributed by atoms with Gasteiger partial charge in [0.1, 0.15) is 5.75 Å². The predicted octanol–water partition coefficient (Wildman–Crippen LogP) is 1.54. The SMILES string of the molecule is COc1ccccc1N1CCN(C(=O)NCCC(=O)N2CCCC2)CC1. The fourth-order valence-electron chi connectivity index (χ4n) is 3.55. The summed E-state index contributed by atoms with van der Waals surface area (Å²) in [5.74, 6) is 0.995. The minimum atomic E-state index is -0.0844. The molecule has 2 fully saturated rings. The number of carbonyl (C=O) groups excluding carboxylic acids is 2. The van der Waals surface area contributed by atoms with Gasteiger partial charge in [0.05, 0.1) is 12.8 Å². The van der Waals surface area contributed by atoms with Crippen LogP contribution in [0.5, 0.6) is 5.75 Å². The largest absolute Gasteiger partial charge is 0.495 e. The lowest BCUT2D eigenvalue weighted by Crippen LogP contribution is -2.52. The van der Waals surface area contributed by atoms with Crippen LogP contribution >= 0.6 is 0 Å². The Hall–Kier alpha value is -2.44. The van der Waals surface area contributed by atoms with Crippen molar-refractivity contribution >= 4 is 17.6 Å². The molecule has 1 aromatic carbocycles. The molecule has 1 aromatic rings. The van der Waals surface area contributed by atoms with Crippen LogP contribution in [0.2, 0.25) is 0 Å². The highest BCUT2D eigenvalue weighted by molar-refractivity contribution is 5.78. The first kappa shape index (κ1) is 18.4. The van der Waals surface area contributed by atoms with E-state index in [9.17, 15) is 9.59 Å². The van der Waals surface area contributed by atoms with Crippen LogP contribution in [-0.2, 0) is 4.79 Å². The quantitative estimate of drug-likeness (QED) is 0.865. The number of urea groups is 1. The first-order chi connectivity index (χ1) is 12.7. The van der Waals surface area contributed by atoms with Crippen molar-refractivity contribution in [2.75, 3.05) is 57.8 Å². The Kier molecular flexibility index (Phi) is 6.20. The molecule has 0 bridgehead atoms. The number of methoxy groups -OCH3 is 1. The number of para-hydroxylation sites is 2. The van der Waals surface area contributed by atoms with Crippen molar-refractivity contribution < 1.29 is 14.3 Å². The number of rotatable bonds is 5. The average Bonchev–Trinajstić information content (AvgIpc) is 3.23. The summed E-state index contributed by atoms with van der Waals surface area (Å²) in [4.78, 5) is 30.3. The Balaban J connectivity index is 1.41. The van der Waals surface area contributed by atoms with Crippen molar-refractivity contribution in [3.05, 3.63) is 24.3 Å². The smallest absolute Gasteiger partial charge is 0.317 e. The molecule has 0 saturated carbocycles. The summed E-state index contributed by atoms with van der Waals surface area (Å²) in [5, 5.41) is 2.88. The van der Waals surface area contributed by atoms with Crippen LogP contribution in [0.1, 0.15) is 19.3 Å². The fourth-order valence-corrected chi connectivity index (χ4v) is 3.55. The van der Waals surface area contributed by atoms with E-state index in [2.05, 4.69) is 10.2 Å². The molecule has 1 N–H and O–H groups in total. The summed E-state index contributed by atoms with van der Waals surface area (Å²) in [6.07, 6.45) is 2.57.